The van der Waals surface area contributed by atoms with Gasteiger partial charge in [-0.15, -0.1) is 0 Å². The van der Waals surface area contributed by atoms with Crippen LogP contribution in [0.5, 0.6) is 0 Å². The van der Waals surface area contributed by atoms with Crippen LogP contribution in [0, 0.1) is 0 Å². The summed E-state index contributed by atoms with van der Waals surface area (Å²) in [5.74, 6) is 0. The first kappa shape index (κ1) is 14.1. The number of nitrogens with zero attached hydrogens (tertiary/aromatic N) is 4. The van der Waals surface area contributed by atoms with Crippen molar-refractivity contribution < 1.29 is 4.79 Å². The predicted molar refractivity (Wildman–Crippen MR) is 84.9 cm³/mol. The first-order valence-corrected chi connectivity index (χ1v) is 7.03. The van der Waals surface area contributed by atoms with E-state index in [2.05, 4.69) is 15.4 Å². The first-order chi connectivity index (χ1) is 10.7. The van der Waals surface area contributed by atoms with Gasteiger partial charge in [-0.1, -0.05) is 18.2 Å². The summed E-state index contributed by atoms with van der Waals surface area (Å²) in [7, 11) is 1.74. The van der Waals surface area contributed by atoms with Crippen molar-refractivity contribution in [2.45, 2.75) is 13.0 Å². The lowest BCUT2D eigenvalue weighted by molar-refractivity contribution is 0.204. The molecule has 2 aromatic heterocycles. The number of urea groups is 1. The van der Waals surface area contributed by atoms with Gasteiger partial charge >= 0.3 is 6.03 Å². The van der Waals surface area contributed by atoms with E-state index in [0.717, 1.165) is 16.7 Å². The maximum absolute atomic E-state index is 12.4. The van der Waals surface area contributed by atoms with Gasteiger partial charge in [-0.25, -0.2) is 19.9 Å². The number of hydrogen-bond donors (Lipinski definition) is 1. The second kappa shape index (κ2) is 5.85. The van der Waals surface area contributed by atoms with E-state index in [0.29, 0.717) is 0 Å². The third kappa shape index (κ3) is 2.63. The van der Waals surface area contributed by atoms with Crippen LogP contribution >= 0.6 is 0 Å². The number of pyridine rings is 1. The fourth-order valence-corrected chi connectivity index (χ4v) is 2.23. The van der Waals surface area contributed by atoms with Crippen molar-refractivity contribution in [1.82, 2.24) is 19.5 Å². The van der Waals surface area contributed by atoms with Gasteiger partial charge in [-0.2, -0.15) is 0 Å². The number of aromatic nitrogens is 3. The number of rotatable bonds is 3. The monoisotopic (exact) mass is 295 g/mol. The predicted octanol–water partition coefficient (Wildman–Crippen LogP) is 2.79. The average Bonchev–Trinajstić information content (AvgIpc) is 2.97. The Hall–Kier alpha value is -2.89. The van der Waals surface area contributed by atoms with Crippen LogP contribution in [0.1, 0.15) is 18.7 Å². The maximum atomic E-state index is 12.4. The number of benzene rings is 1. The van der Waals surface area contributed by atoms with Crippen LogP contribution in [-0.2, 0) is 0 Å². The van der Waals surface area contributed by atoms with Gasteiger partial charge in [0.15, 0.2) is 0 Å². The van der Waals surface area contributed by atoms with Gasteiger partial charge in [0, 0.05) is 13.2 Å². The van der Waals surface area contributed by atoms with Crippen LogP contribution in [0.15, 0.2) is 55.0 Å². The maximum Gasteiger partial charge on any atom is 0.336 e. The van der Waals surface area contributed by atoms with E-state index in [1.165, 1.54) is 0 Å². The third-order valence-corrected chi connectivity index (χ3v) is 3.69. The highest BCUT2D eigenvalue weighted by molar-refractivity contribution is 5.85. The minimum atomic E-state index is -0.221. The molecule has 0 aliphatic heterocycles. The van der Waals surface area contributed by atoms with Crippen molar-refractivity contribution >= 4 is 17.1 Å². The van der Waals surface area contributed by atoms with Crippen LogP contribution in [0.4, 0.5) is 4.79 Å². The first-order valence-electron chi connectivity index (χ1n) is 7.03. The molecule has 3 aromatic rings. The lowest BCUT2D eigenvalue weighted by Crippen LogP contribution is -2.37. The Balaban J connectivity index is 1.76. The van der Waals surface area contributed by atoms with Crippen molar-refractivity contribution in [3.8, 4) is 0 Å². The smallest absolute Gasteiger partial charge is 0.318 e. The van der Waals surface area contributed by atoms with E-state index in [9.17, 15) is 4.79 Å². The lowest BCUT2D eigenvalue weighted by Gasteiger charge is -2.25. The van der Waals surface area contributed by atoms with E-state index in [1.54, 1.807) is 29.1 Å². The van der Waals surface area contributed by atoms with Crippen LogP contribution in [0.25, 0.3) is 11.0 Å². The zero-order chi connectivity index (χ0) is 15.5. The number of fused-ring (bicyclic) bond motifs is 1. The van der Waals surface area contributed by atoms with Gasteiger partial charge in [0.05, 0.1) is 22.8 Å². The van der Waals surface area contributed by atoms with Gasteiger partial charge in [0.25, 0.3) is 0 Å². The summed E-state index contributed by atoms with van der Waals surface area (Å²) in [4.78, 5) is 22.6. The van der Waals surface area contributed by atoms with Crippen molar-refractivity contribution in [3.63, 3.8) is 0 Å². The number of hydrogen-bond acceptors (Lipinski definition) is 3. The lowest BCUT2D eigenvalue weighted by atomic mass is 10.2. The highest BCUT2D eigenvalue weighted by Crippen LogP contribution is 2.16. The molecule has 0 bridgehead atoms. The summed E-state index contributed by atoms with van der Waals surface area (Å²) in [5.41, 5.74) is 5.36. The topological polar surface area (TPSA) is 63.1 Å². The second-order valence-corrected chi connectivity index (χ2v) is 5.06. The summed E-state index contributed by atoms with van der Waals surface area (Å²) in [6, 6.07) is 13.0. The average molecular weight is 295 g/mol. The van der Waals surface area contributed by atoms with Crippen molar-refractivity contribution in [2.75, 3.05) is 12.5 Å². The molecule has 0 saturated heterocycles. The summed E-state index contributed by atoms with van der Waals surface area (Å²) < 4.78 is 1.62. The molecule has 1 N–H and O–H groups in total. The summed E-state index contributed by atoms with van der Waals surface area (Å²) >= 11 is 0. The highest BCUT2D eigenvalue weighted by Gasteiger charge is 2.18. The van der Waals surface area contributed by atoms with Gasteiger partial charge in [0.1, 0.15) is 6.33 Å². The molecule has 3 rings (SSSR count). The number of nitrogens with one attached hydrogen (secondary N) is 1. The number of imidazole rings is 1. The van der Waals surface area contributed by atoms with Crippen molar-refractivity contribution in [1.29, 1.82) is 0 Å². The normalized spacial score (nSPS) is 12.1. The number of amides is 2. The summed E-state index contributed by atoms with van der Waals surface area (Å²) in [5, 5.41) is 0. The molecule has 2 amide bonds. The molecule has 0 fully saturated rings. The van der Waals surface area contributed by atoms with Gasteiger partial charge < -0.3 is 4.90 Å². The van der Waals surface area contributed by atoms with Crippen molar-refractivity contribution in [2.24, 2.45) is 0 Å². The quantitative estimate of drug-likeness (QED) is 0.808. The Bertz CT molecular complexity index is 783. The van der Waals surface area contributed by atoms with Crippen molar-refractivity contribution in [3.05, 3.63) is 60.7 Å². The molecule has 6 heteroatoms. The molecule has 1 atom stereocenters. The minimum absolute atomic E-state index is 0.129. The van der Waals surface area contributed by atoms with Gasteiger partial charge in [0.2, 0.25) is 0 Å². The summed E-state index contributed by atoms with van der Waals surface area (Å²) in [6.07, 6.45) is 3.32. The largest absolute Gasteiger partial charge is 0.336 e. The molecule has 1 unspecified atom stereocenters. The van der Waals surface area contributed by atoms with E-state index in [1.807, 2.05) is 49.4 Å². The molecular formula is C16H17N5O. The fourth-order valence-electron chi connectivity index (χ4n) is 2.23. The number of para-hydroxylation sites is 2. The summed E-state index contributed by atoms with van der Waals surface area (Å²) in [6.45, 7) is 1.94. The molecule has 0 aliphatic rings. The Morgan fingerprint density at radius 2 is 1.95 bits per heavy atom. The van der Waals surface area contributed by atoms with Crippen LogP contribution in [-0.4, -0.2) is 32.6 Å². The van der Waals surface area contributed by atoms with E-state index < -0.39 is 0 Å². The van der Waals surface area contributed by atoms with E-state index >= 15 is 0 Å². The Kier molecular flexibility index (Phi) is 3.74. The number of carbonyl (C=O) groups is 1. The van der Waals surface area contributed by atoms with E-state index in [4.69, 9.17) is 0 Å². The molecule has 2 heterocycles. The zero-order valence-corrected chi connectivity index (χ0v) is 12.5. The van der Waals surface area contributed by atoms with Crippen LogP contribution in [0.2, 0.25) is 0 Å². The Morgan fingerprint density at radius 1 is 1.18 bits per heavy atom. The molecule has 22 heavy (non-hydrogen) atoms. The SMILES string of the molecule is CC(c1ccccn1)N(C)C(=O)Nn1cnc2ccccc21. The second-order valence-electron chi connectivity index (χ2n) is 5.06. The van der Waals surface area contributed by atoms with E-state index in [-0.39, 0.29) is 12.1 Å². The Labute approximate surface area is 128 Å². The third-order valence-electron chi connectivity index (χ3n) is 3.69. The molecule has 0 radical (unpaired) electrons. The Morgan fingerprint density at radius 3 is 2.73 bits per heavy atom. The molecule has 1 aromatic carbocycles. The van der Waals surface area contributed by atoms with Gasteiger partial charge in [-0.3, -0.25) is 4.98 Å². The molecule has 0 saturated carbocycles. The van der Waals surface area contributed by atoms with Crippen LogP contribution < -0.4 is 5.43 Å². The van der Waals surface area contributed by atoms with Gasteiger partial charge in [-0.05, 0) is 31.2 Å². The molecule has 0 aliphatic carbocycles. The number of carbonyl (C=O) groups excluding carboxylic acids is 1. The minimum Gasteiger partial charge on any atom is -0.318 e. The molecular weight excluding hydrogens is 278 g/mol. The van der Waals surface area contributed by atoms with Crippen LogP contribution in [0.3, 0.4) is 0 Å². The highest BCUT2D eigenvalue weighted by atomic mass is 16.2. The standard InChI is InChI=1S/C16H17N5O/c1-12(13-7-5-6-10-17-13)20(2)16(22)19-21-11-18-14-8-3-4-9-15(14)21/h3-12H,1-2H3,(H,19,22). The molecule has 6 nitrogen and oxygen atoms in total. The molecule has 0 spiro atoms. The fraction of sp³-hybridized carbons (Fsp3) is 0.188. The zero-order valence-electron chi connectivity index (χ0n) is 12.5. The molecule has 112 valence electrons.